The van der Waals surface area contributed by atoms with E-state index in [1.807, 2.05) is 26.9 Å². The summed E-state index contributed by atoms with van der Waals surface area (Å²) in [6, 6.07) is -0.701. The minimum atomic E-state index is -2.27. The molecule has 8 heteroatoms. The molecule has 1 atom stereocenters. The number of rotatable bonds is 8. The maximum atomic E-state index is 13.0. The Morgan fingerprint density at radius 3 is 1.86 bits per heavy atom. The van der Waals surface area contributed by atoms with E-state index in [4.69, 9.17) is 9.16 Å². The summed E-state index contributed by atoms with van der Waals surface area (Å²) in [6.07, 6.45) is -0.554. The lowest BCUT2D eigenvalue weighted by Gasteiger charge is -2.38. The largest absolute Gasteiger partial charge is 0.518 e. The van der Waals surface area contributed by atoms with Crippen molar-refractivity contribution in [2.75, 3.05) is 12.4 Å². The Hall–Kier alpha value is -0.476. The second-order valence-corrected chi connectivity index (χ2v) is 24.7. The molecule has 0 aliphatic rings. The number of hydrogen-bond donors (Lipinski definition) is 1. The Labute approximate surface area is 178 Å². The molecule has 0 aromatic heterocycles. The van der Waals surface area contributed by atoms with Crippen LogP contribution in [-0.4, -0.2) is 46.0 Å². The molecule has 5 nitrogen and oxygen atoms in total. The van der Waals surface area contributed by atoms with Crippen LogP contribution in [0.4, 0.5) is 4.79 Å². The van der Waals surface area contributed by atoms with Gasteiger partial charge in [-0.1, -0.05) is 68.5 Å². The lowest BCUT2D eigenvalue weighted by molar-refractivity contribution is -0.137. The zero-order chi connectivity index (χ0) is 22.6. The van der Waals surface area contributed by atoms with Gasteiger partial charge in [0.2, 0.25) is 0 Å². The number of carbonyl (C=O) groups excluding carboxylic acids is 2. The van der Waals surface area contributed by atoms with Gasteiger partial charge in [0.1, 0.15) is 13.3 Å². The first-order valence-corrected chi connectivity index (χ1v) is 17.7. The Morgan fingerprint density at radius 1 is 0.964 bits per heavy atom. The summed E-state index contributed by atoms with van der Waals surface area (Å²) in [4.78, 5) is 25.2. The smallest absolute Gasteiger partial charge is 0.407 e. The highest BCUT2D eigenvalue weighted by molar-refractivity contribution is 8.29. The van der Waals surface area contributed by atoms with E-state index < -0.39 is 27.7 Å². The lowest BCUT2D eigenvalue weighted by Crippen LogP contribution is -2.51. The fraction of sp³-hybridized carbons (Fsp3) is 0.900. The second kappa shape index (κ2) is 10.0. The molecule has 28 heavy (non-hydrogen) atoms. The molecule has 0 saturated heterocycles. The Bertz CT molecular complexity index is 537. The number of alkyl carbamates (subject to hydrolysis) is 1. The molecule has 0 bridgehead atoms. The second-order valence-electron chi connectivity index (χ2n) is 10.9. The number of amides is 1. The van der Waals surface area contributed by atoms with Gasteiger partial charge in [-0.25, -0.2) is 4.79 Å². The monoisotopic (exact) mass is 449 g/mol. The van der Waals surface area contributed by atoms with E-state index in [1.165, 1.54) is 0 Å². The first-order chi connectivity index (χ1) is 12.3. The molecular formula is C20H43NO4SSi2. The number of hydrogen-bond acceptors (Lipinski definition) is 5. The summed E-state index contributed by atoms with van der Waals surface area (Å²) in [5.74, 6) is 0.394. The predicted molar refractivity (Wildman–Crippen MR) is 126 cm³/mol. The van der Waals surface area contributed by atoms with Crippen molar-refractivity contribution in [3.63, 3.8) is 0 Å². The molecule has 0 heterocycles. The van der Waals surface area contributed by atoms with Crippen molar-refractivity contribution < 1.29 is 18.8 Å². The average Bonchev–Trinajstić information content (AvgIpc) is 2.46. The SMILES string of the molecule is CC(C)COC(=O)NC(CS[Si](C)(C)C(C)(C)C)C(=O)O[Si](C)(C)C(C)(C)C. The van der Waals surface area contributed by atoms with Crippen molar-refractivity contribution in [3.8, 4) is 0 Å². The topological polar surface area (TPSA) is 64.6 Å². The molecule has 1 unspecified atom stereocenters. The van der Waals surface area contributed by atoms with Crippen LogP contribution in [0.25, 0.3) is 0 Å². The fourth-order valence-electron chi connectivity index (χ4n) is 1.58. The van der Waals surface area contributed by atoms with Crippen molar-refractivity contribution >= 4 is 38.8 Å². The van der Waals surface area contributed by atoms with Gasteiger partial charge in [-0.15, -0.1) is 0 Å². The van der Waals surface area contributed by atoms with Crippen LogP contribution in [0.3, 0.4) is 0 Å². The minimum Gasteiger partial charge on any atom is -0.518 e. The first-order valence-electron chi connectivity index (χ1n) is 10.1. The fourth-order valence-corrected chi connectivity index (χ4v) is 6.81. The summed E-state index contributed by atoms with van der Waals surface area (Å²) >= 11 is 1.81. The number of ether oxygens (including phenoxy) is 1. The maximum absolute atomic E-state index is 13.0. The summed E-state index contributed by atoms with van der Waals surface area (Å²) in [7, 11) is -3.94. The number of nitrogens with one attached hydrogen (secondary N) is 1. The van der Waals surface area contributed by atoms with E-state index >= 15 is 0 Å². The summed E-state index contributed by atoms with van der Waals surface area (Å²) in [6.45, 7) is 25.9. The highest BCUT2D eigenvalue weighted by Crippen LogP contribution is 2.43. The van der Waals surface area contributed by atoms with Gasteiger partial charge in [-0.2, -0.15) is 11.2 Å². The third kappa shape index (κ3) is 8.90. The molecular weight excluding hydrogens is 406 g/mol. The van der Waals surface area contributed by atoms with Crippen molar-refractivity contribution in [1.29, 1.82) is 0 Å². The van der Waals surface area contributed by atoms with E-state index in [-0.39, 0.29) is 22.0 Å². The van der Waals surface area contributed by atoms with Gasteiger partial charge in [0.05, 0.1) is 6.61 Å². The van der Waals surface area contributed by atoms with Crippen LogP contribution in [0.1, 0.15) is 55.4 Å². The summed E-state index contributed by atoms with van der Waals surface area (Å²) in [5.41, 5.74) is 0. The molecule has 0 saturated carbocycles. The van der Waals surface area contributed by atoms with Crippen LogP contribution in [0.15, 0.2) is 0 Å². The van der Waals surface area contributed by atoms with Gasteiger partial charge in [-0.3, -0.25) is 4.79 Å². The van der Waals surface area contributed by atoms with Crippen LogP contribution < -0.4 is 5.32 Å². The molecule has 0 aromatic rings. The van der Waals surface area contributed by atoms with Gasteiger partial charge in [0.15, 0.2) is 0 Å². The molecule has 0 aromatic carbocycles. The maximum Gasteiger partial charge on any atom is 0.407 e. The van der Waals surface area contributed by atoms with Crippen LogP contribution in [0, 0.1) is 5.92 Å². The minimum absolute atomic E-state index is 0.0854. The zero-order valence-corrected chi connectivity index (χ0v) is 22.9. The first kappa shape index (κ1) is 27.5. The van der Waals surface area contributed by atoms with E-state index in [1.54, 1.807) is 11.2 Å². The van der Waals surface area contributed by atoms with Crippen LogP contribution >= 0.6 is 11.2 Å². The molecule has 0 radical (unpaired) electrons. The Morgan fingerprint density at radius 2 is 1.46 bits per heavy atom. The van der Waals surface area contributed by atoms with Crippen LogP contribution in [-0.2, 0) is 14.0 Å². The van der Waals surface area contributed by atoms with Gasteiger partial charge in [-0.05, 0) is 29.1 Å². The summed E-state index contributed by atoms with van der Waals surface area (Å²) < 4.78 is 11.2. The third-order valence-electron chi connectivity index (χ3n) is 5.70. The van der Waals surface area contributed by atoms with Gasteiger partial charge >= 0.3 is 12.1 Å². The Kier molecular flexibility index (Phi) is 9.85. The van der Waals surface area contributed by atoms with Crippen LogP contribution in [0.2, 0.25) is 36.3 Å². The summed E-state index contributed by atoms with van der Waals surface area (Å²) in [5, 5.41) is 2.86. The quantitative estimate of drug-likeness (QED) is 0.459. The zero-order valence-electron chi connectivity index (χ0n) is 20.1. The van der Waals surface area contributed by atoms with E-state index in [0.717, 1.165) is 0 Å². The van der Waals surface area contributed by atoms with E-state index in [0.29, 0.717) is 12.4 Å². The molecule has 1 amide bonds. The Balaban J connectivity index is 5.33. The van der Waals surface area contributed by atoms with Gasteiger partial charge in [0.25, 0.3) is 8.32 Å². The van der Waals surface area contributed by atoms with Crippen molar-refractivity contribution in [2.24, 2.45) is 5.92 Å². The van der Waals surface area contributed by atoms with E-state index in [9.17, 15) is 9.59 Å². The average molecular weight is 450 g/mol. The normalized spacial score (nSPS) is 14.6. The van der Waals surface area contributed by atoms with E-state index in [2.05, 4.69) is 60.0 Å². The standard InChI is InChI=1S/C20H43NO4SSi2/c1-15(2)13-24-18(23)21-16(14-26-28(11,12)20(6,7)8)17(22)25-27(9,10)19(3,4)5/h15-16H,13-14H2,1-12H3,(H,21,23). The molecule has 0 aliphatic heterocycles. The third-order valence-corrected chi connectivity index (χ3v) is 19.4. The van der Waals surface area contributed by atoms with Crippen LogP contribution in [0.5, 0.6) is 0 Å². The van der Waals surface area contributed by atoms with Crippen molar-refractivity contribution in [3.05, 3.63) is 0 Å². The van der Waals surface area contributed by atoms with Gasteiger partial charge in [0, 0.05) is 5.75 Å². The molecule has 0 fully saturated rings. The molecule has 0 aliphatic carbocycles. The predicted octanol–water partition coefficient (Wildman–Crippen LogP) is 6.02. The highest BCUT2D eigenvalue weighted by Gasteiger charge is 2.43. The lowest BCUT2D eigenvalue weighted by atomic mass is 10.2. The molecule has 0 rings (SSSR count). The molecule has 166 valence electrons. The van der Waals surface area contributed by atoms with Crippen molar-refractivity contribution in [1.82, 2.24) is 5.32 Å². The van der Waals surface area contributed by atoms with Gasteiger partial charge < -0.3 is 14.5 Å². The number of carbonyl (C=O) groups is 2. The molecule has 1 N–H and O–H groups in total. The highest BCUT2D eigenvalue weighted by atomic mass is 32.4. The molecule has 0 spiro atoms. The van der Waals surface area contributed by atoms with Crippen molar-refractivity contribution in [2.45, 2.75) is 97.7 Å².